The lowest BCUT2D eigenvalue weighted by molar-refractivity contribution is 0.737. The number of aromatic nitrogens is 3. The van der Waals surface area contributed by atoms with Crippen molar-refractivity contribution in [1.82, 2.24) is 15.0 Å². The zero-order chi connectivity index (χ0) is 12.3. The van der Waals surface area contributed by atoms with Gasteiger partial charge in [0, 0.05) is 11.6 Å². The van der Waals surface area contributed by atoms with Gasteiger partial charge in [-0.25, -0.2) is 9.97 Å². The Bertz CT molecular complexity index is 536. The minimum absolute atomic E-state index is 0.0200. The maximum Gasteiger partial charge on any atom is 0.276 e. The quantitative estimate of drug-likeness (QED) is 0.762. The van der Waals surface area contributed by atoms with Crippen molar-refractivity contribution in [1.29, 1.82) is 0 Å². The molecule has 0 spiro atoms. The molecule has 0 aromatic carbocycles. The second-order valence-electron chi connectivity index (χ2n) is 3.47. The van der Waals surface area contributed by atoms with Crippen LogP contribution < -0.4 is 16.6 Å². The molecule has 6 nitrogen and oxygen atoms in total. The summed E-state index contributed by atoms with van der Waals surface area (Å²) in [6.07, 6.45) is 3.91. The SMILES string of the molecule is CCC(Nc1nc[nH]c(=O)c1N)c1nccs1. The lowest BCUT2D eigenvalue weighted by Crippen LogP contribution is -2.18. The molecule has 2 heterocycles. The van der Waals surface area contributed by atoms with Crippen molar-refractivity contribution < 1.29 is 0 Å². The van der Waals surface area contributed by atoms with Gasteiger partial charge < -0.3 is 16.0 Å². The Morgan fingerprint density at radius 1 is 1.59 bits per heavy atom. The zero-order valence-electron chi connectivity index (χ0n) is 9.30. The molecule has 0 aliphatic heterocycles. The highest BCUT2D eigenvalue weighted by Gasteiger charge is 2.14. The average Bonchev–Trinajstić information content (AvgIpc) is 2.85. The number of H-pyrrole nitrogens is 1. The van der Waals surface area contributed by atoms with E-state index in [0.29, 0.717) is 5.82 Å². The third-order valence-corrected chi connectivity index (χ3v) is 3.25. The van der Waals surface area contributed by atoms with E-state index in [1.165, 1.54) is 6.33 Å². The number of nitrogens with two attached hydrogens (primary N) is 1. The molecule has 7 heteroatoms. The fourth-order valence-electron chi connectivity index (χ4n) is 1.44. The summed E-state index contributed by atoms with van der Waals surface area (Å²) in [4.78, 5) is 22.0. The number of anilines is 2. The smallest absolute Gasteiger partial charge is 0.276 e. The second-order valence-corrected chi connectivity index (χ2v) is 4.40. The van der Waals surface area contributed by atoms with Gasteiger partial charge in [-0.1, -0.05) is 6.92 Å². The number of hydrogen-bond donors (Lipinski definition) is 3. The lowest BCUT2D eigenvalue weighted by Gasteiger charge is -2.15. The van der Waals surface area contributed by atoms with Crippen molar-refractivity contribution in [2.75, 3.05) is 11.1 Å². The Kier molecular flexibility index (Phi) is 3.38. The van der Waals surface area contributed by atoms with Gasteiger partial charge in [-0.2, -0.15) is 0 Å². The molecule has 0 fully saturated rings. The van der Waals surface area contributed by atoms with Crippen molar-refractivity contribution >= 4 is 22.8 Å². The van der Waals surface area contributed by atoms with E-state index in [9.17, 15) is 4.79 Å². The molecule has 2 aromatic heterocycles. The second kappa shape index (κ2) is 4.96. The van der Waals surface area contributed by atoms with E-state index in [4.69, 9.17) is 5.73 Å². The maximum absolute atomic E-state index is 11.3. The van der Waals surface area contributed by atoms with Crippen LogP contribution in [0, 0.1) is 0 Å². The molecule has 0 saturated carbocycles. The summed E-state index contributed by atoms with van der Waals surface area (Å²) in [5.74, 6) is 0.399. The first-order valence-electron chi connectivity index (χ1n) is 5.21. The van der Waals surface area contributed by atoms with Crippen molar-refractivity contribution in [2.24, 2.45) is 0 Å². The minimum atomic E-state index is -0.337. The molecule has 17 heavy (non-hydrogen) atoms. The van der Waals surface area contributed by atoms with Gasteiger partial charge in [0.1, 0.15) is 10.7 Å². The van der Waals surface area contributed by atoms with Gasteiger partial charge in [0.25, 0.3) is 5.56 Å². The summed E-state index contributed by atoms with van der Waals surface area (Å²) >= 11 is 1.56. The predicted octanol–water partition coefficient (Wildman–Crippen LogP) is 1.37. The zero-order valence-corrected chi connectivity index (χ0v) is 10.1. The van der Waals surface area contributed by atoms with E-state index >= 15 is 0 Å². The topological polar surface area (TPSA) is 96.7 Å². The maximum atomic E-state index is 11.3. The molecular weight excluding hydrogens is 238 g/mol. The summed E-state index contributed by atoms with van der Waals surface area (Å²) in [5.41, 5.74) is 5.42. The van der Waals surface area contributed by atoms with E-state index < -0.39 is 0 Å². The highest BCUT2D eigenvalue weighted by atomic mass is 32.1. The number of thiazole rings is 1. The highest BCUT2D eigenvalue weighted by molar-refractivity contribution is 7.09. The third-order valence-electron chi connectivity index (χ3n) is 2.36. The Morgan fingerprint density at radius 3 is 3.06 bits per heavy atom. The number of nitrogens with one attached hydrogen (secondary N) is 2. The number of nitrogens with zero attached hydrogens (tertiary/aromatic N) is 2. The summed E-state index contributed by atoms with van der Waals surface area (Å²) < 4.78 is 0. The molecule has 0 radical (unpaired) electrons. The molecule has 90 valence electrons. The van der Waals surface area contributed by atoms with Crippen LogP contribution in [-0.4, -0.2) is 15.0 Å². The standard InChI is InChI=1S/C10H13N5OS/c1-2-6(10-12-3-4-17-10)15-8-7(11)9(16)14-5-13-8/h3-6H,2,11H2,1H3,(H2,13,14,15,16). The van der Waals surface area contributed by atoms with Crippen LogP contribution in [-0.2, 0) is 0 Å². The fraction of sp³-hybridized carbons (Fsp3) is 0.300. The fourth-order valence-corrected chi connectivity index (χ4v) is 2.21. The molecule has 2 aromatic rings. The number of aromatic amines is 1. The van der Waals surface area contributed by atoms with Crippen LogP contribution in [0.5, 0.6) is 0 Å². The normalized spacial score (nSPS) is 12.3. The molecule has 0 bridgehead atoms. The first kappa shape index (κ1) is 11.6. The Hall–Kier alpha value is -1.89. The van der Waals surface area contributed by atoms with Gasteiger partial charge in [0.15, 0.2) is 5.82 Å². The predicted molar refractivity (Wildman–Crippen MR) is 68.0 cm³/mol. The van der Waals surface area contributed by atoms with Gasteiger partial charge in [0.2, 0.25) is 0 Å². The van der Waals surface area contributed by atoms with Crippen LogP contribution >= 0.6 is 11.3 Å². The Morgan fingerprint density at radius 2 is 2.41 bits per heavy atom. The molecular formula is C10H13N5OS. The largest absolute Gasteiger partial charge is 0.391 e. The van der Waals surface area contributed by atoms with E-state index in [1.54, 1.807) is 17.5 Å². The number of hydrogen-bond acceptors (Lipinski definition) is 6. The molecule has 4 N–H and O–H groups in total. The highest BCUT2D eigenvalue weighted by Crippen LogP contribution is 2.24. The van der Waals surface area contributed by atoms with Gasteiger partial charge in [-0.15, -0.1) is 11.3 Å². The third kappa shape index (κ3) is 2.44. The van der Waals surface area contributed by atoms with Gasteiger partial charge >= 0.3 is 0 Å². The molecule has 0 saturated heterocycles. The van der Waals surface area contributed by atoms with Crippen molar-refractivity contribution in [2.45, 2.75) is 19.4 Å². The minimum Gasteiger partial charge on any atom is -0.391 e. The summed E-state index contributed by atoms with van der Waals surface area (Å²) in [7, 11) is 0. The van der Waals surface area contributed by atoms with E-state index in [-0.39, 0.29) is 17.3 Å². The first-order chi connectivity index (χ1) is 8.22. The average molecular weight is 251 g/mol. The molecule has 0 amide bonds. The monoisotopic (exact) mass is 251 g/mol. The van der Waals surface area contributed by atoms with Crippen LogP contribution in [0.15, 0.2) is 22.7 Å². The Balaban J connectivity index is 2.25. The van der Waals surface area contributed by atoms with Gasteiger partial charge in [-0.05, 0) is 6.42 Å². The van der Waals surface area contributed by atoms with Gasteiger partial charge in [-0.3, -0.25) is 4.79 Å². The van der Waals surface area contributed by atoms with E-state index in [2.05, 4.69) is 20.3 Å². The van der Waals surface area contributed by atoms with E-state index in [1.807, 2.05) is 12.3 Å². The Labute approximate surface area is 102 Å². The molecule has 1 unspecified atom stereocenters. The van der Waals surface area contributed by atoms with Crippen LogP contribution in [0.3, 0.4) is 0 Å². The lowest BCUT2D eigenvalue weighted by atomic mass is 10.2. The van der Waals surface area contributed by atoms with Crippen LogP contribution in [0.25, 0.3) is 0 Å². The summed E-state index contributed by atoms with van der Waals surface area (Å²) in [6.45, 7) is 2.03. The van der Waals surface area contributed by atoms with Crippen molar-refractivity contribution in [3.63, 3.8) is 0 Å². The van der Waals surface area contributed by atoms with Crippen LogP contribution in [0.1, 0.15) is 24.4 Å². The number of rotatable bonds is 4. The molecule has 0 aliphatic rings. The number of nitrogen functional groups attached to an aromatic ring is 1. The summed E-state index contributed by atoms with van der Waals surface area (Å²) in [6, 6.07) is 0.0200. The molecule has 2 rings (SSSR count). The first-order valence-corrected chi connectivity index (χ1v) is 6.09. The van der Waals surface area contributed by atoms with E-state index in [0.717, 1.165) is 11.4 Å². The van der Waals surface area contributed by atoms with Crippen LogP contribution in [0.4, 0.5) is 11.5 Å². The van der Waals surface area contributed by atoms with Crippen molar-refractivity contribution in [3.05, 3.63) is 33.3 Å². The van der Waals surface area contributed by atoms with Crippen LogP contribution in [0.2, 0.25) is 0 Å². The molecule has 0 aliphatic carbocycles. The van der Waals surface area contributed by atoms with Gasteiger partial charge in [0.05, 0.1) is 12.4 Å². The summed E-state index contributed by atoms with van der Waals surface area (Å²) in [5, 5.41) is 6.00. The molecule has 1 atom stereocenters. The van der Waals surface area contributed by atoms with Crippen molar-refractivity contribution in [3.8, 4) is 0 Å².